The number of carbonyl (C=O) groups excluding carboxylic acids is 1. The number of hydrogen-bond donors (Lipinski definition) is 1. The zero-order valence-corrected chi connectivity index (χ0v) is 9.34. The van der Waals surface area contributed by atoms with Gasteiger partial charge in [-0.2, -0.15) is 0 Å². The Labute approximate surface area is 88.5 Å². The molecule has 4 nitrogen and oxygen atoms in total. The Bertz CT molecular complexity index is 488. The minimum Gasteiger partial charge on any atom is -0.507 e. The number of hydrogen-bond acceptors (Lipinski definition) is 4. The van der Waals surface area contributed by atoms with Crippen molar-refractivity contribution in [1.29, 1.82) is 0 Å². The molecule has 0 aliphatic heterocycles. The van der Waals surface area contributed by atoms with E-state index in [4.69, 9.17) is 0 Å². The fourth-order valence-corrected chi connectivity index (χ4v) is 1.81. The van der Waals surface area contributed by atoms with Crippen LogP contribution in [-0.2, 0) is 9.84 Å². The Balaban J connectivity index is 3.27. The molecule has 0 atom stereocenters. The van der Waals surface area contributed by atoms with Crippen LogP contribution >= 0.6 is 0 Å². The van der Waals surface area contributed by atoms with Gasteiger partial charge >= 0.3 is 0 Å². The van der Waals surface area contributed by atoms with Crippen LogP contribution in [0.3, 0.4) is 0 Å². The molecule has 15 heavy (non-hydrogen) atoms. The third-order valence-corrected chi connectivity index (χ3v) is 3.13. The van der Waals surface area contributed by atoms with Crippen LogP contribution < -0.4 is 0 Å². The van der Waals surface area contributed by atoms with Gasteiger partial charge in [-0.25, -0.2) is 8.42 Å². The maximum absolute atomic E-state index is 11.3. The van der Waals surface area contributed by atoms with Crippen molar-refractivity contribution in [1.82, 2.24) is 0 Å². The predicted octanol–water partition coefficient (Wildman–Crippen LogP) is 1.39. The summed E-state index contributed by atoms with van der Waals surface area (Å²) in [5, 5.41) is 9.47. The molecule has 0 amide bonds. The van der Waals surface area contributed by atoms with Crippen LogP contribution in [0.15, 0.2) is 23.1 Å². The van der Waals surface area contributed by atoms with Crippen LogP contribution in [0.4, 0.5) is 0 Å². The fraction of sp³-hybridized carbons (Fsp3) is 0.300. The highest BCUT2D eigenvalue weighted by molar-refractivity contribution is 7.90. The molecule has 0 heterocycles. The Morgan fingerprint density at radius 3 is 2.40 bits per heavy atom. The molecule has 0 fully saturated rings. The second kappa shape index (κ2) is 4.02. The lowest BCUT2D eigenvalue weighted by Gasteiger charge is -2.04. The van der Waals surface area contributed by atoms with E-state index in [-0.39, 0.29) is 28.4 Å². The third kappa shape index (κ3) is 2.56. The van der Waals surface area contributed by atoms with Gasteiger partial charge in [0.1, 0.15) is 5.75 Å². The van der Waals surface area contributed by atoms with E-state index in [0.717, 1.165) is 12.3 Å². The van der Waals surface area contributed by atoms with Gasteiger partial charge in [0.25, 0.3) is 0 Å². The van der Waals surface area contributed by atoms with E-state index in [1.54, 1.807) is 6.92 Å². The van der Waals surface area contributed by atoms with Crippen molar-refractivity contribution in [3.05, 3.63) is 23.8 Å². The van der Waals surface area contributed by atoms with Crippen molar-refractivity contribution in [2.75, 3.05) is 6.26 Å². The van der Waals surface area contributed by atoms with E-state index in [9.17, 15) is 18.3 Å². The smallest absolute Gasteiger partial charge is 0.175 e. The number of benzene rings is 1. The Hall–Kier alpha value is -1.36. The number of carbonyl (C=O) groups is 1. The molecule has 0 aliphatic carbocycles. The number of phenols is 1. The number of ketones is 1. The average Bonchev–Trinajstić information content (AvgIpc) is 2.15. The first-order valence-electron chi connectivity index (χ1n) is 4.42. The van der Waals surface area contributed by atoms with Gasteiger partial charge in [0.2, 0.25) is 0 Å². The molecule has 0 spiro atoms. The first kappa shape index (κ1) is 11.7. The maximum Gasteiger partial charge on any atom is 0.175 e. The van der Waals surface area contributed by atoms with E-state index >= 15 is 0 Å². The summed E-state index contributed by atoms with van der Waals surface area (Å²) in [6.45, 7) is 1.67. The summed E-state index contributed by atoms with van der Waals surface area (Å²) in [6, 6.07) is 3.74. The van der Waals surface area contributed by atoms with Gasteiger partial charge in [-0.3, -0.25) is 4.79 Å². The van der Waals surface area contributed by atoms with Crippen LogP contribution in [0.2, 0.25) is 0 Å². The summed E-state index contributed by atoms with van der Waals surface area (Å²) in [4.78, 5) is 11.3. The second-order valence-electron chi connectivity index (χ2n) is 3.23. The normalized spacial score (nSPS) is 11.3. The summed E-state index contributed by atoms with van der Waals surface area (Å²) in [5.74, 6) is -0.502. The van der Waals surface area contributed by atoms with Gasteiger partial charge in [-0.05, 0) is 18.2 Å². The van der Waals surface area contributed by atoms with Crippen molar-refractivity contribution >= 4 is 15.6 Å². The van der Waals surface area contributed by atoms with Gasteiger partial charge in [0.15, 0.2) is 15.6 Å². The van der Waals surface area contributed by atoms with Crippen LogP contribution in [0.25, 0.3) is 0 Å². The van der Waals surface area contributed by atoms with Crippen molar-refractivity contribution in [3.63, 3.8) is 0 Å². The highest BCUT2D eigenvalue weighted by atomic mass is 32.2. The van der Waals surface area contributed by atoms with Gasteiger partial charge < -0.3 is 5.11 Å². The van der Waals surface area contributed by atoms with Crippen molar-refractivity contribution in [2.45, 2.75) is 18.2 Å². The highest BCUT2D eigenvalue weighted by Crippen LogP contribution is 2.22. The maximum atomic E-state index is 11.3. The van der Waals surface area contributed by atoms with E-state index in [1.165, 1.54) is 12.1 Å². The van der Waals surface area contributed by atoms with E-state index < -0.39 is 9.84 Å². The SMILES string of the molecule is CCC(=O)c1ccc(S(C)(=O)=O)cc1O. The quantitative estimate of drug-likeness (QED) is 0.793. The van der Waals surface area contributed by atoms with E-state index in [1.807, 2.05) is 0 Å². The Kier molecular flexibility index (Phi) is 3.14. The molecule has 1 N–H and O–H groups in total. The molecule has 5 heteroatoms. The number of Topliss-reactive ketones (excluding diaryl/α,β-unsaturated/α-hetero) is 1. The number of phenolic OH excluding ortho intramolecular Hbond substituents is 1. The minimum absolute atomic E-state index is 0.00709. The molecule has 0 aromatic heterocycles. The summed E-state index contributed by atoms with van der Waals surface area (Å²) >= 11 is 0. The lowest BCUT2D eigenvalue weighted by atomic mass is 10.1. The van der Waals surface area contributed by atoms with Gasteiger partial charge in [0, 0.05) is 12.7 Å². The van der Waals surface area contributed by atoms with E-state index in [2.05, 4.69) is 0 Å². The molecule has 0 aliphatic rings. The number of aromatic hydroxyl groups is 1. The standard InChI is InChI=1S/C10H12O4S/c1-3-9(11)8-5-4-7(6-10(8)12)15(2,13)14/h4-6,12H,3H2,1-2H3. The van der Waals surface area contributed by atoms with Crippen LogP contribution in [0.5, 0.6) is 5.75 Å². The van der Waals surface area contributed by atoms with Crippen molar-refractivity contribution < 1.29 is 18.3 Å². The lowest BCUT2D eigenvalue weighted by molar-refractivity contribution is 0.0985. The van der Waals surface area contributed by atoms with E-state index in [0.29, 0.717) is 0 Å². The summed E-state index contributed by atoms with van der Waals surface area (Å²) < 4.78 is 22.3. The molecule has 0 saturated carbocycles. The molecule has 0 radical (unpaired) electrons. The Morgan fingerprint density at radius 2 is 2.00 bits per heavy atom. The molecular formula is C10H12O4S. The van der Waals surface area contributed by atoms with Gasteiger partial charge in [-0.15, -0.1) is 0 Å². The predicted molar refractivity (Wildman–Crippen MR) is 55.8 cm³/mol. The highest BCUT2D eigenvalue weighted by Gasteiger charge is 2.13. The first-order valence-corrected chi connectivity index (χ1v) is 6.31. The second-order valence-corrected chi connectivity index (χ2v) is 5.24. The van der Waals surface area contributed by atoms with Crippen molar-refractivity contribution in [2.24, 2.45) is 0 Å². The van der Waals surface area contributed by atoms with Crippen LogP contribution in [0.1, 0.15) is 23.7 Å². The molecular weight excluding hydrogens is 216 g/mol. The zero-order valence-electron chi connectivity index (χ0n) is 8.52. The molecule has 82 valence electrons. The third-order valence-electron chi connectivity index (χ3n) is 2.02. The van der Waals surface area contributed by atoms with Crippen LogP contribution in [0, 0.1) is 0 Å². The first-order chi connectivity index (χ1) is 6.86. The monoisotopic (exact) mass is 228 g/mol. The zero-order chi connectivity index (χ0) is 11.6. The molecule has 0 unspecified atom stereocenters. The van der Waals surface area contributed by atoms with Crippen LogP contribution in [-0.4, -0.2) is 25.6 Å². The Morgan fingerprint density at radius 1 is 1.40 bits per heavy atom. The average molecular weight is 228 g/mol. The van der Waals surface area contributed by atoms with Gasteiger partial charge in [0.05, 0.1) is 10.5 Å². The van der Waals surface area contributed by atoms with Gasteiger partial charge in [-0.1, -0.05) is 6.92 Å². The summed E-state index contributed by atoms with van der Waals surface area (Å²) in [5.41, 5.74) is 0.157. The molecule has 1 aromatic rings. The lowest BCUT2D eigenvalue weighted by Crippen LogP contribution is -2.01. The topological polar surface area (TPSA) is 71.4 Å². The molecule has 0 saturated heterocycles. The molecule has 0 bridgehead atoms. The number of rotatable bonds is 3. The molecule has 1 aromatic carbocycles. The minimum atomic E-state index is -3.35. The van der Waals surface area contributed by atoms with Crippen molar-refractivity contribution in [3.8, 4) is 5.75 Å². The summed E-state index contributed by atoms with van der Waals surface area (Å²) in [6.07, 6.45) is 1.31. The number of sulfone groups is 1. The largest absolute Gasteiger partial charge is 0.507 e. The summed E-state index contributed by atoms with van der Waals surface area (Å²) in [7, 11) is -3.35. The molecule has 1 rings (SSSR count). The fourth-order valence-electron chi connectivity index (χ4n) is 1.17.